The number of likely N-dealkylation sites (N-methyl/N-ethyl adjacent to an activating group) is 1. The van der Waals surface area contributed by atoms with Crippen molar-refractivity contribution in [3.8, 4) is 17.2 Å². The lowest BCUT2D eigenvalue weighted by Gasteiger charge is -2.27. The number of carbonyl (C=O) groups is 2. The minimum Gasteiger partial charge on any atom is -0.507 e. The fraction of sp³-hybridized carbons (Fsp3) is 0.484. The van der Waals surface area contributed by atoms with Crippen LogP contribution in [0.15, 0.2) is 42.0 Å². The Morgan fingerprint density at radius 2 is 1.72 bits per heavy atom. The highest BCUT2D eigenvalue weighted by atomic mass is 16.5. The summed E-state index contributed by atoms with van der Waals surface area (Å²) in [5, 5.41) is 11.5. The van der Waals surface area contributed by atoms with Crippen molar-refractivity contribution in [3.63, 3.8) is 0 Å². The first kappa shape index (κ1) is 30.0. The van der Waals surface area contributed by atoms with E-state index in [2.05, 4.69) is 13.8 Å². The van der Waals surface area contributed by atoms with Gasteiger partial charge >= 0.3 is 0 Å². The topological polar surface area (TPSA) is 88.5 Å². The average Bonchev–Trinajstić information content (AvgIpc) is 3.12. The van der Waals surface area contributed by atoms with Gasteiger partial charge in [-0.05, 0) is 88.7 Å². The molecular weight excluding hydrogens is 496 g/mol. The molecule has 1 atom stereocenters. The Hall–Kier alpha value is -3.52. The van der Waals surface area contributed by atoms with Gasteiger partial charge in [0, 0.05) is 18.7 Å². The number of amides is 1. The Morgan fingerprint density at radius 3 is 2.31 bits per heavy atom. The lowest BCUT2D eigenvalue weighted by Crippen LogP contribution is -2.35. The van der Waals surface area contributed by atoms with Crippen LogP contribution in [0.5, 0.6) is 17.2 Å². The summed E-state index contributed by atoms with van der Waals surface area (Å²) in [4.78, 5) is 30.1. The number of carbonyl (C=O) groups excluding carboxylic acids is 2. The Balaban J connectivity index is 2.10. The number of ketones is 1. The van der Waals surface area contributed by atoms with Gasteiger partial charge in [0.05, 0.1) is 31.4 Å². The molecule has 1 aliphatic rings. The zero-order valence-electron chi connectivity index (χ0n) is 24.4. The molecule has 39 heavy (non-hydrogen) atoms. The van der Waals surface area contributed by atoms with E-state index in [0.29, 0.717) is 54.0 Å². The molecule has 1 N–H and O–H groups in total. The zero-order valence-corrected chi connectivity index (χ0v) is 24.4. The maximum atomic E-state index is 13.4. The van der Waals surface area contributed by atoms with E-state index in [9.17, 15) is 14.7 Å². The maximum absolute atomic E-state index is 13.4. The molecule has 0 spiro atoms. The van der Waals surface area contributed by atoms with Gasteiger partial charge in [-0.15, -0.1) is 0 Å². The van der Waals surface area contributed by atoms with Crippen molar-refractivity contribution in [2.75, 3.05) is 40.9 Å². The van der Waals surface area contributed by atoms with Gasteiger partial charge in [0.25, 0.3) is 11.7 Å². The van der Waals surface area contributed by atoms with Crippen LogP contribution in [0.25, 0.3) is 5.76 Å². The highest BCUT2D eigenvalue weighted by Gasteiger charge is 2.46. The third-order valence-electron chi connectivity index (χ3n) is 6.60. The number of methoxy groups -OCH3 is 1. The van der Waals surface area contributed by atoms with Crippen LogP contribution < -0.4 is 14.2 Å². The number of likely N-dealkylation sites (tertiary alicyclic amines) is 1. The minimum atomic E-state index is -0.782. The van der Waals surface area contributed by atoms with Gasteiger partial charge in [0.1, 0.15) is 11.5 Å². The lowest BCUT2D eigenvalue weighted by atomic mass is 9.94. The van der Waals surface area contributed by atoms with E-state index in [1.807, 2.05) is 45.8 Å². The van der Waals surface area contributed by atoms with Gasteiger partial charge < -0.3 is 29.1 Å². The number of nitrogens with zero attached hydrogens (tertiary/aromatic N) is 2. The van der Waals surface area contributed by atoms with E-state index in [1.165, 1.54) is 4.90 Å². The highest BCUT2D eigenvalue weighted by molar-refractivity contribution is 6.46. The fourth-order valence-corrected chi connectivity index (χ4v) is 4.48. The zero-order chi connectivity index (χ0) is 28.9. The van der Waals surface area contributed by atoms with Gasteiger partial charge in [-0.25, -0.2) is 0 Å². The summed E-state index contributed by atoms with van der Waals surface area (Å²) >= 11 is 0. The molecule has 212 valence electrons. The molecule has 1 aliphatic heterocycles. The molecule has 3 rings (SSSR count). The summed E-state index contributed by atoms with van der Waals surface area (Å²) in [6.45, 7) is 11.4. The summed E-state index contributed by atoms with van der Waals surface area (Å²) < 4.78 is 17.4. The molecule has 1 heterocycles. The smallest absolute Gasteiger partial charge is 0.295 e. The van der Waals surface area contributed by atoms with Gasteiger partial charge in [0.15, 0.2) is 11.5 Å². The molecule has 0 bridgehead atoms. The molecule has 1 fully saturated rings. The van der Waals surface area contributed by atoms with Crippen molar-refractivity contribution in [2.45, 2.75) is 53.2 Å². The average molecular weight is 539 g/mol. The molecule has 8 heteroatoms. The van der Waals surface area contributed by atoms with Gasteiger partial charge in [-0.1, -0.05) is 19.9 Å². The number of aryl methyl sites for hydroxylation is 1. The number of hydrogen-bond donors (Lipinski definition) is 1. The first-order valence-corrected chi connectivity index (χ1v) is 13.5. The maximum Gasteiger partial charge on any atom is 0.295 e. The van der Waals surface area contributed by atoms with Crippen LogP contribution in [0.4, 0.5) is 0 Å². The number of hydrogen-bond acceptors (Lipinski definition) is 7. The van der Waals surface area contributed by atoms with Crippen LogP contribution >= 0.6 is 0 Å². The number of aliphatic hydroxyl groups excluding tert-OH is 1. The van der Waals surface area contributed by atoms with E-state index >= 15 is 0 Å². The Kier molecular flexibility index (Phi) is 10.0. The fourth-order valence-electron chi connectivity index (χ4n) is 4.48. The van der Waals surface area contributed by atoms with Crippen molar-refractivity contribution in [1.29, 1.82) is 0 Å². The monoisotopic (exact) mass is 538 g/mol. The van der Waals surface area contributed by atoms with Crippen molar-refractivity contribution in [1.82, 2.24) is 9.80 Å². The van der Waals surface area contributed by atoms with Crippen LogP contribution in [0.2, 0.25) is 0 Å². The van der Waals surface area contributed by atoms with Crippen LogP contribution in [-0.4, -0.2) is 73.6 Å². The van der Waals surface area contributed by atoms with E-state index < -0.39 is 17.7 Å². The predicted molar refractivity (Wildman–Crippen MR) is 152 cm³/mol. The second kappa shape index (κ2) is 13.0. The van der Waals surface area contributed by atoms with Crippen molar-refractivity contribution in [3.05, 3.63) is 58.7 Å². The molecule has 1 unspecified atom stereocenters. The third-order valence-corrected chi connectivity index (χ3v) is 6.60. The van der Waals surface area contributed by atoms with Gasteiger partial charge in [-0.3, -0.25) is 9.59 Å². The molecule has 1 amide bonds. The SMILES string of the molecule is COc1cc(C2/C(=C(\O)c3ccc(OC(C)C)c(C)c3)C(=O)C(=O)N2CCN(C)C)ccc1OCCC(C)C. The summed E-state index contributed by atoms with van der Waals surface area (Å²) in [6, 6.07) is 9.86. The Bertz CT molecular complexity index is 1220. The molecule has 0 aliphatic carbocycles. The van der Waals surface area contributed by atoms with Crippen molar-refractivity contribution >= 4 is 17.4 Å². The standard InChI is InChI=1S/C31H42N2O6/c1-19(2)13-16-38-25-12-9-22(18-26(25)37-8)28-27(30(35)31(36)33(28)15-14-32(6)7)29(34)23-10-11-24(21(5)17-23)39-20(3)4/h9-12,17-20,28,34H,13-16H2,1-8H3/b29-27+. The number of aliphatic hydroxyl groups is 1. The summed E-state index contributed by atoms with van der Waals surface area (Å²) in [7, 11) is 5.37. The van der Waals surface area contributed by atoms with E-state index in [-0.39, 0.29) is 17.4 Å². The van der Waals surface area contributed by atoms with Crippen molar-refractivity contribution < 1.29 is 28.9 Å². The van der Waals surface area contributed by atoms with Crippen LogP contribution in [-0.2, 0) is 9.59 Å². The third kappa shape index (κ3) is 7.12. The summed E-state index contributed by atoms with van der Waals surface area (Å²) in [6.07, 6.45) is 0.896. The second-order valence-corrected chi connectivity index (χ2v) is 10.9. The molecule has 0 saturated carbocycles. The van der Waals surface area contributed by atoms with E-state index in [0.717, 1.165) is 12.0 Å². The van der Waals surface area contributed by atoms with Gasteiger partial charge in [-0.2, -0.15) is 0 Å². The molecule has 0 aromatic heterocycles. The van der Waals surface area contributed by atoms with E-state index in [1.54, 1.807) is 37.4 Å². The first-order valence-electron chi connectivity index (χ1n) is 13.5. The number of ether oxygens (including phenoxy) is 3. The Morgan fingerprint density at radius 1 is 1.03 bits per heavy atom. The summed E-state index contributed by atoms with van der Waals surface area (Å²) in [5.74, 6) is 0.706. The lowest BCUT2D eigenvalue weighted by molar-refractivity contribution is -0.140. The molecule has 8 nitrogen and oxygen atoms in total. The summed E-state index contributed by atoms with van der Waals surface area (Å²) in [5.41, 5.74) is 1.96. The minimum absolute atomic E-state index is 0.00234. The van der Waals surface area contributed by atoms with Gasteiger partial charge in [0.2, 0.25) is 0 Å². The van der Waals surface area contributed by atoms with Crippen LogP contribution in [0.1, 0.15) is 56.8 Å². The molecule has 1 saturated heterocycles. The van der Waals surface area contributed by atoms with Crippen molar-refractivity contribution in [2.24, 2.45) is 5.92 Å². The van der Waals surface area contributed by atoms with Crippen LogP contribution in [0, 0.1) is 12.8 Å². The Labute approximate surface area is 232 Å². The predicted octanol–water partition coefficient (Wildman–Crippen LogP) is 5.20. The van der Waals surface area contributed by atoms with E-state index in [4.69, 9.17) is 14.2 Å². The molecular formula is C31H42N2O6. The van der Waals surface area contributed by atoms with Crippen LogP contribution in [0.3, 0.4) is 0 Å². The second-order valence-electron chi connectivity index (χ2n) is 10.9. The highest BCUT2D eigenvalue weighted by Crippen LogP contribution is 2.42. The number of rotatable bonds is 12. The molecule has 0 radical (unpaired) electrons. The molecule has 2 aromatic rings. The normalized spacial score (nSPS) is 17.0. The number of benzene rings is 2. The molecule has 2 aromatic carbocycles. The first-order chi connectivity index (χ1) is 18.4. The largest absolute Gasteiger partial charge is 0.507 e. The number of Topliss-reactive ketones (excluding diaryl/α,β-unsaturated/α-hetero) is 1. The quantitative estimate of drug-likeness (QED) is 0.226.